The maximum absolute atomic E-state index is 13.7. The smallest absolute Gasteiger partial charge is 0.339 e. The number of aliphatic carboxylic acids is 1. The lowest BCUT2D eigenvalue weighted by atomic mass is 9.82. The second kappa shape index (κ2) is 6.88. The fourth-order valence-corrected chi connectivity index (χ4v) is 4.31. The van der Waals surface area contributed by atoms with E-state index in [9.17, 15) is 19.1 Å². The van der Waals surface area contributed by atoms with Gasteiger partial charge in [0.1, 0.15) is 5.82 Å². The number of nitrogens with zero attached hydrogens (tertiary/aromatic N) is 3. The monoisotopic (exact) mass is 400 g/mol. The minimum absolute atomic E-state index is 0.00432. The summed E-state index contributed by atoms with van der Waals surface area (Å²) in [5.41, 5.74) is 1.23. The first kappa shape index (κ1) is 19.4. The summed E-state index contributed by atoms with van der Waals surface area (Å²) in [6, 6.07) is 4.21. The maximum Gasteiger partial charge on any atom is 0.339 e. The van der Waals surface area contributed by atoms with Gasteiger partial charge in [-0.05, 0) is 30.8 Å². The van der Waals surface area contributed by atoms with Crippen molar-refractivity contribution in [2.45, 2.75) is 19.3 Å². The summed E-state index contributed by atoms with van der Waals surface area (Å²) in [4.78, 5) is 33.8. The molecule has 7 nitrogen and oxygen atoms in total. The van der Waals surface area contributed by atoms with E-state index in [2.05, 4.69) is 9.88 Å². The van der Waals surface area contributed by atoms with Crippen LogP contribution in [-0.2, 0) is 10.2 Å². The van der Waals surface area contributed by atoms with Crippen molar-refractivity contribution in [2.24, 2.45) is 0 Å². The zero-order valence-electron chi connectivity index (χ0n) is 16.8. The highest BCUT2D eigenvalue weighted by Crippen LogP contribution is 2.40. The molecule has 0 spiro atoms. The Morgan fingerprint density at radius 2 is 1.86 bits per heavy atom. The van der Waals surface area contributed by atoms with Gasteiger partial charge in [0.2, 0.25) is 0 Å². The molecule has 2 aliphatic heterocycles. The highest BCUT2D eigenvalue weighted by atomic mass is 19.1. The predicted molar refractivity (Wildman–Crippen MR) is 108 cm³/mol. The number of fused-ring (bicyclic) bond motifs is 3. The molecule has 1 aromatic heterocycles. The third kappa shape index (κ3) is 3.37. The SMILES string of the molecule is CN1CCN(C(=O)N2C=C(C(=O)O)c3[nH]c4cc(F)ccc4c3C(C)(C)C2)CC1. The quantitative estimate of drug-likeness (QED) is 0.771. The third-order valence-corrected chi connectivity index (χ3v) is 5.81. The fraction of sp³-hybridized carbons (Fsp3) is 0.429. The summed E-state index contributed by atoms with van der Waals surface area (Å²) in [7, 11) is 2.01. The summed E-state index contributed by atoms with van der Waals surface area (Å²) in [6.45, 7) is 7.07. The minimum atomic E-state index is -1.13. The molecular weight excluding hydrogens is 375 g/mol. The summed E-state index contributed by atoms with van der Waals surface area (Å²) in [5.74, 6) is -1.52. The lowest BCUT2D eigenvalue weighted by molar-refractivity contribution is -0.130. The van der Waals surface area contributed by atoms with E-state index >= 15 is 0 Å². The van der Waals surface area contributed by atoms with Crippen molar-refractivity contribution in [1.82, 2.24) is 19.7 Å². The Morgan fingerprint density at radius 3 is 2.52 bits per heavy atom. The van der Waals surface area contributed by atoms with Crippen molar-refractivity contribution in [3.63, 3.8) is 0 Å². The van der Waals surface area contributed by atoms with Gasteiger partial charge in [-0.2, -0.15) is 0 Å². The molecule has 154 valence electrons. The molecule has 0 aliphatic carbocycles. The molecule has 0 saturated carbocycles. The minimum Gasteiger partial charge on any atom is -0.478 e. The topological polar surface area (TPSA) is 79.9 Å². The number of urea groups is 1. The van der Waals surface area contributed by atoms with Gasteiger partial charge in [0.15, 0.2) is 0 Å². The van der Waals surface area contributed by atoms with Gasteiger partial charge in [-0.3, -0.25) is 4.90 Å². The first-order valence-corrected chi connectivity index (χ1v) is 9.68. The number of piperazine rings is 1. The van der Waals surface area contributed by atoms with Crippen LogP contribution in [0.4, 0.5) is 9.18 Å². The molecule has 2 aliphatic rings. The van der Waals surface area contributed by atoms with Crippen molar-refractivity contribution in [2.75, 3.05) is 39.8 Å². The number of amides is 2. The molecule has 2 N–H and O–H groups in total. The molecule has 1 saturated heterocycles. The van der Waals surface area contributed by atoms with Gasteiger partial charge < -0.3 is 19.9 Å². The summed E-state index contributed by atoms with van der Waals surface area (Å²) < 4.78 is 13.7. The molecule has 29 heavy (non-hydrogen) atoms. The van der Waals surface area contributed by atoms with E-state index in [1.165, 1.54) is 23.2 Å². The molecule has 0 atom stereocenters. The number of carboxylic acid groups (broad SMARTS) is 1. The van der Waals surface area contributed by atoms with Crippen LogP contribution in [0.5, 0.6) is 0 Å². The van der Waals surface area contributed by atoms with Crippen LogP contribution in [0.1, 0.15) is 25.1 Å². The summed E-state index contributed by atoms with van der Waals surface area (Å²) >= 11 is 0. The molecule has 0 bridgehead atoms. The average molecular weight is 400 g/mol. The van der Waals surface area contributed by atoms with E-state index < -0.39 is 11.4 Å². The molecular formula is C21H25FN4O3. The normalized spacial score (nSPS) is 19.7. The largest absolute Gasteiger partial charge is 0.478 e. The van der Waals surface area contributed by atoms with Crippen LogP contribution in [0, 0.1) is 5.82 Å². The Labute approximate surface area is 168 Å². The predicted octanol–water partition coefficient (Wildman–Crippen LogP) is 2.69. The van der Waals surface area contributed by atoms with Crippen LogP contribution >= 0.6 is 0 Å². The Hall–Kier alpha value is -2.87. The first-order chi connectivity index (χ1) is 13.7. The van der Waals surface area contributed by atoms with E-state index in [-0.39, 0.29) is 17.4 Å². The standard InChI is InChI=1S/C21H25FN4O3/c1-21(2)12-26(20(29)25-8-6-24(3)7-9-25)11-15(19(27)28)18-17(21)14-5-4-13(22)10-16(14)23-18/h4-5,10-11,23H,6-9,12H2,1-3H3,(H,27,28). The van der Waals surface area contributed by atoms with Crippen LogP contribution in [0.15, 0.2) is 24.4 Å². The second-order valence-electron chi connectivity index (χ2n) is 8.50. The maximum atomic E-state index is 13.7. The number of halogens is 1. The molecule has 1 aromatic carbocycles. The molecule has 2 aromatic rings. The number of likely N-dealkylation sites (N-methyl/N-ethyl adjacent to an activating group) is 1. The zero-order valence-corrected chi connectivity index (χ0v) is 16.8. The van der Waals surface area contributed by atoms with Gasteiger partial charge in [0.25, 0.3) is 0 Å². The van der Waals surface area contributed by atoms with E-state index in [0.717, 1.165) is 24.0 Å². The average Bonchev–Trinajstić information content (AvgIpc) is 2.98. The number of nitrogens with one attached hydrogen (secondary N) is 1. The molecule has 8 heteroatoms. The van der Waals surface area contributed by atoms with Crippen molar-refractivity contribution in [3.8, 4) is 0 Å². The Bertz CT molecular complexity index is 1020. The van der Waals surface area contributed by atoms with Crippen molar-refractivity contribution < 1.29 is 19.1 Å². The lowest BCUT2D eigenvalue weighted by Crippen LogP contribution is -2.52. The van der Waals surface area contributed by atoms with Gasteiger partial charge in [-0.15, -0.1) is 0 Å². The van der Waals surface area contributed by atoms with Crippen molar-refractivity contribution in [3.05, 3.63) is 41.5 Å². The molecule has 4 rings (SSSR count). The molecule has 2 amide bonds. The molecule has 3 heterocycles. The van der Waals surface area contributed by atoms with Crippen LogP contribution in [-0.4, -0.2) is 76.6 Å². The third-order valence-electron chi connectivity index (χ3n) is 5.81. The Morgan fingerprint density at radius 1 is 1.17 bits per heavy atom. The number of carbonyl (C=O) groups is 2. The van der Waals surface area contributed by atoms with Gasteiger partial charge >= 0.3 is 12.0 Å². The summed E-state index contributed by atoms with van der Waals surface area (Å²) in [6.07, 6.45) is 1.42. The number of hydrogen-bond donors (Lipinski definition) is 2. The number of aromatic amines is 1. The molecule has 0 radical (unpaired) electrons. The van der Waals surface area contributed by atoms with E-state index in [1.807, 2.05) is 20.9 Å². The summed E-state index contributed by atoms with van der Waals surface area (Å²) in [5, 5.41) is 10.7. The number of carboxylic acids is 1. The number of H-pyrrole nitrogens is 1. The fourth-order valence-electron chi connectivity index (χ4n) is 4.31. The van der Waals surface area contributed by atoms with E-state index in [0.29, 0.717) is 30.8 Å². The molecule has 1 fully saturated rings. The number of carbonyl (C=O) groups excluding carboxylic acids is 1. The van der Waals surface area contributed by atoms with Crippen LogP contribution in [0.2, 0.25) is 0 Å². The highest BCUT2D eigenvalue weighted by molar-refractivity contribution is 6.17. The number of rotatable bonds is 1. The molecule has 0 unspecified atom stereocenters. The number of hydrogen-bond acceptors (Lipinski definition) is 3. The van der Waals surface area contributed by atoms with Crippen LogP contribution in [0.25, 0.3) is 16.5 Å². The van der Waals surface area contributed by atoms with Crippen LogP contribution < -0.4 is 0 Å². The van der Waals surface area contributed by atoms with Gasteiger partial charge in [-0.1, -0.05) is 13.8 Å². The van der Waals surface area contributed by atoms with Crippen molar-refractivity contribution in [1.29, 1.82) is 0 Å². The lowest BCUT2D eigenvalue weighted by Gasteiger charge is -2.37. The first-order valence-electron chi connectivity index (χ1n) is 9.68. The van der Waals surface area contributed by atoms with Gasteiger partial charge in [0, 0.05) is 55.2 Å². The van der Waals surface area contributed by atoms with Gasteiger partial charge in [0.05, 0.1) is 11.3 Å². The highest BCUT2D eigenvalue weighted by Gasteiger charge is 2.38. The zero-order chi connectivity index (χ0) is 20.9. The van der Waals surface area contributed by atoms with Crippen LogP contribution in [0.3, 0.4) is 0 Å². The van der Waals surface area contributed by atoms with Gasteiger partial charge in [-0.25, -0.2) is 14.0 Å². The van der Waals surface area contributed by atoms with E-state index in [1.54, 1.807) is 11.0 Å². The Balaban J connectivity index is 1.80. The Kier molecular flexibility index (Phi) is 4.61. The second-order valence-corrected chi connectivity index (χ2v) is 8.50. The van der Waals surface area contributed by atoms with E-state index in [4.69, 9.17) is 0 Å². The van der Waals surface area contributed by atoms with Crippen molar-refractivity contribution >= 4 is 28.5 Å². The number of benzene rings is 1. The number of aromatic nitrogens is 1.